The molecule has 0 radical (unpaired) electrons. The third kappa shape index (κ3) is 17.3. The Hall–Kier alpha value is -1.05. The minimum atomic E-state index is -0.848. The van der Waals surface area contributed by atoms with E-state index in [1.54, 1.807) is 0 Å². The average Bonchev–Trinajstić information content (AvgIpc) is 2.57. The normalized spacial score (nSPS) is 11.2. The van der Waals surface area contributed by atoms with E-state index in [0.717, 1.165) is 12.8 Å². The standard InChI is InChI=1S/C22H40O2/c1-3-4-5-6-7-8-9-10-11-12-13-14-15-16-17-18-19-20-21(2)22(23)24/h10-11H,2-9,12-20H2,1H3,(H,23,24). The number of rotatable bonds is 18. The third-order valence-electron chi connectivity index (χ3n) is 4.54. The van der Waals surface area contributed by atoms with E-state index in [4.69, 9.17) is 5.11 Å². The predicted octanol–water partition coefficient (Wildman–Crippen LogP) is 7.44. The summed E-state index contributed by atoms with van der Waals surface area (Å²) in [6.07, 6.45) is 24.7. The second-order valence-corrected chi connectivity index (χ2v) is 6.95. The molecule has 0 aromatic carbocycles. The van der Waals surface area contributed by atoms with Crippen molar-refractivity contribution < 1.29 is 9.90 Å². The van der Waals surface area contributed by atoms with Crippen LogP contribution in [0.15, 0.2) is 24.3 Å². The summed E-state index contributed by atoms with van der Waals surface area (Å²) in [5.74, 6) is -0.848. The molecule has 0 fully saturated rings. The second kappa shape index (κ2) is 18.3. The van der Waals surface area contributed by atoms with Gasteiger partial charge in [0.15, 0.2) is 0 Å². The first-order valence-corrected chi connectivity index (χ1v) is 10.2. The molecule has 0 aliphatic heterocycles. The maximum atomic E-state index is 10.6. The van der Waals surface area contributed by atoms with Gasteiger partial charge in [-0.05, 0) is 38.5 Å². The topological polar surface area (TPSA) is 37.3 Å². The van der Waals surface area contributed by atoms with Crippen molar-refractivity contribution in [2.24, 2.45) is 0 Å². The molecular weight excluding hydrogens is 296 g/mol. The lowest BCUT2D eigenvalue weighted by Gasteiger charge is -2.02. The highest BCUT2D eigenvalue weighted by Gasteiger charge is 2.02. The molecule has 0 saturated carbocycles. The zero-order valence-corrected chi connectivity index (χ0v) is 16.0. The van der Waals surface area contributed by atoms with Gasteiger partial charge in [-0.1, -0.05) is 89.9 Å². The largest absolute Gasteiger partial charge is 0.478 e. The highest BCUT2D eigenvalue weighted by molar-refractivity contribution is 5.85. The molecule has 0 rings (SSSR count). The van der Waals surface area contributed by atoms with Gasteiger partial charge in [0.2, 0.25) is 0 Å². The number of carboxylic acid groups (broad SMARTS) is 1. The van der Waals surface area contributed by atoms with Crippen LogP contribution in [0.3, 0.4) is 0 Å². The minimum Gasteiger partial charge on any atom is -0.478 e. The van der Waals surface area contributed by atoms with Crippen molar-refractivity contribution in [3.63, 3.8) is 0 Å². The molecule has 0 bridgehead atoms. The highest BCUT2D eigenvalue weighted by Crippen LogP contribution is 2.12. The van der Waals surface area contributed by atoms with Crippen LogP contribution in [0.2, 0.25) is 0 Å². The quantitative estimate of drug-likeness (QED) is 0.160. The second-order valence-electron chi connectivity index (χ2n) is 6.95. The fourth-order valence-corrected chi connectivity index (χ4v) is 2.87. The Labute approximate surface area is 150 Å². The molecule has 24 heavy (non-hydrogen) atoms. The number of allylic oxidation sites excluding steroid dienone is 2. The van der Waals surface area contributed by atoms with E-state index in [-0.39, 0.29) is 0 Å². The average molecular weight is 337 g/mol. The van der Waals surface area contributed by atoms with Gasteiger partial charge in [-0.25, -0.2) is 4.79 Å². The van der Waals surface area contributed by atoms with E-state index in [0.29, 0.717) is 12.0 Å². The Morgan fingerprint density at radius 1 is 0.750 bits per heavy atom. The summed E-state index contributed by atoms with van der Waals surface area (Å²) in [5, 5.41) is 8.71. The van der Waals surface area contributed by atoms with Crippen molar-refractivity contribution >= 4 is 5.97 Å². The number of unbranched alkanes of at least 4 members (excludes halogenated alkanes) is 13. The van der Waals surface area contributed by atoms with Crippen molar-refractivity contribution in [3.8, 4) is 0 Å². The molecule has 0 spiro atoms. The summed E-state index contributed by atoms with van der Waals surface area (Å²) in [4.78, 5) is 10.6. The Morgan fingerprint density at radius 3 is 1.62 bits per heavy atom. The van der Waals surface area contributed by atoms with Crippen LogP contribution < -0.4 is 0 Å². The van der Waals surface area contributed by atoms with Gasteiger partial charge in [0, 0.05) is 5.57 Å². The lowest BCUT2D eigenvalue weighted by Crippen LogP contribution is -1.98. The number of carboxylic acids is 1. The van der Waals surface area contributed by atoms with Crippen molar-refractivity contribution in [1.82, 2.24) is 0 Å². The monoisotopic (exact) mass is 336 g/mol. The van der Waals surface area contributed by atoms with Crippen LogP contribution in [0, 0.1) is 0 Å². The number of carbonyl (C=O) groups is 1. The molecule has 0 heterocycles. The molecule has 0 aliphatic rings. The van der Waals surface area contributed by atoms with Gasteiger partial charge in [-0.3, -0.25) is 0 Å². The van der Waals surface area contributed by atoms with Gasteiger partial charge in [0.05, 0.1) is 0 Å². The van der Waals surface area contributed by atoms with Crippen molar-refractivity contribution in [2.75, 3.05) is 0 Å². The maximum Gasteiger partial charge on any atom is 0.330 e. The number of hydrogen-bond donors (Lipinski definition) is 1. The van der Waals surface area contributed by atoms with Crippen LogP contribution in [0.4, 0.5) is 0 Å². The summed E-state index contributed by atoms with van der Waals surface area (Å²) in [6, 6.07) is 0. The third-order valence-corrected chi connectivity index (χ3v) is 4.54. The van der Waals surface area contributed by atoms with E-state index in [2.05, 4.69) is 25.7 Å². The first-order chi connectivity index (χ1) is 11.7. The number of aliphatic carboxylic acids is 1. The minimum absolute atomic E-state index is 0.350. The van der Waals surface area contributed by atoms with Gasteiger partial charge in [0.1, 0.15) is 0 Å². The first-order valence-electron chi connectivity index (χ1n) is 10.2. The van der Waals surface area contributed by atoms with E-state index >= 15 is 0 Å². The summed E-state index contributed by atoms with van der Waals surface area (Å²) >= 11 is 0. The van der Waals surface area contributed by atoms with E-state index in [9.17, 15) is 4.79 Å². The predicted molar refractivity (Wildman–Crippen MR) is 105 cm³/mol. The lowest BCUT2D eigenvalue weighted by atomic mass is 10.0. The molecule has 0 aromatic rings. The number of hydrogen-bond acceptors (Lipinski definition) is 1. The van der Waals surface area contributed by atoms with Crippen molar-refractivity contribution in [1.29, 1.82) is 0 Å². The van der Waals surface area contributed by atoms with Crippen molar-refractivity contribution in [2.45, 2.75) is 110 Å². The Balaban J connectivity index is 3.15. The SMILES string of the molecule is C=C(CCCCCCCCCC=CCCCCCCCC)C(=O)O. The molecule has 140 valence electrons. The van der Waals surface area contributed by atoms with Gasteiger partial charge in [-0.15, -0.1) is 0 Å². The summed E-state index contributed by atoms with van der Waals surface area (Å²) < 4.78 is 0. The summed E-state index contributed by atoms with van der Waals surface area (Å²) in [5.41, 5.74) is 0.350. The molecule has 0 atom stereocenters. The molecule has 0 aromatic heterocycles. The maximum absolute atomic E-state index is 10.6. The van der Waals surface area contributed by atoms with Crippen LogP contribution in [0.1, 0.15) is 110 Å². The zero-order valence-electron chi connectivity index (χ0n) is 16.0. The van der Waals surface area contributed by atoms with Crippen LogP contribution >= 0.6 is 0 Å². The smallest absolute Gasteiger partial charge is 0.330 e. The molecule has 0 amide bonds. The first kappa shape index (κ1) is 22.9. The van der Waals surface area contributed by atoms with Crippen molar-refractivity contribution in [3.05, 3.63) is 24.3 Å². The summed E-state index contributed by atoms with van der Waals surface area (Å²) in [7, 11) is 0. The molecular formula is C22H40O2. The van der Waals surface area contributed by atoms with E-state index < -0.39 is 5.97 Å². The molecule has 2 heteroatoms. The van der Waals surface area contributed by atoms with Gasteiger partial charge in [-0.2, -0.15) is 0 Å². The van der Waals surface area contributed by atoms with Gasteiger partial charge < -0.3 is 5.11 Å². The van der Waals surface area contributed by atoms with Crippen LogP contribution in [-0.4, -0.2) is 11.1 Å². The Kier molecular flexibility index (Phi) is 17.5. The Bertz CT molecular complexity index is 331. The fourth-order valence-electron chi connectivity index (χ4n) is 2.87. The van der Waals surface area contributed by atoms with Gasteiger partial charge in [0.25, 0.3) is 0 Å². The van der Waals surface area contributed by atoms with Crippen LogP contribution in [-0.2, 0) is 4.79 Å². The van der Waals surface area contributed by atoms with E-state index in [1.165, 1.54) is 83.5 Å². The summed E-state index contributed by atoms with van der Waals surface area (Å²) in [6.45, 7) is 5.83. The Morgan fingerprint density at radius 2 is 1.17 bits per heavy atom. The molecule has 1 N–H and O–H groups in total. The van der Waals surface area contributed by atoms with Crippen LogP contribution in [0.5, 0.6) is 0 Å². The molecule has 0 unspecified atom stereocenters. The fraction of sp³-hybridized carbons (Fsp3) is 0.773. The van der Waals surface area contributed by atoms with Gasteiger partial charge >= 0.3 is 5.97 Å². The lowest BCUT2D eigenvalue weighted by molar-refractivity contribution is -0.132. The highest BCUT2D eigenvalue weighted by atomic mass is 16.4. The van der Waals surface area contributed by atoms with E-state index in [1.807, 2.05) is 0 Å². The molecule has 2 nitrogen and oxygen atoms in total. The molecule has 0 aliphatic carbocycles. The van der Waals surface area contributed by atoms with Crippen LogP contribution in [0.25, 0.3) is 0 Å². The molecule has 0 saturated heterocycles. The zero-order chi connectivity index (χ0) is 17.9.